The molecule has 6 nitrogen and oxygen atoms in total. The molecule has 1 aliphatic carbocycles. The van der Waals surface area contributed by atoms with Crippen LogP contribution in [0.5, 0.6) is 0 Å². The fraction of sp³-hybridized carbons (Fsp3) is 0.500. The highest BCUT2D eigenvalue weighted by atomic mass is 79.9. The molecule has 25 heavy (non-hydrogen) atoms. The molecule has 2 heterocycles. The van der Waals surface area contributed by atoms with Crippen LogP contribution >= 0.6 is 15.9 Å². The maximum atomic E-state index is 12.6. The number of anilines is 1. The summed E-state index contributed by atoms with van der Waals surface area (Å²) in [6, 6.07) is 6.06. The van der Waals surface area contributed by atoms with Crippen LogP contribution in [0, 0.1) is 5.92 Å². The van der Waals surface area contributed by atoms with Crippen LogP contribution in [0.2, 0.25) is 0 Å². The third-order valence-corrected chi connectivity index (χ3v) is 5.70. The lowest BCUT2D eigenvalue weighted by Gasteiger charge is -2.24. The average molecular weight is 405 g/mol. The molecule has 2 fully saturated rings. The zero-order valence-corrected chi connectivity index (χ0v) is 15.5. The Morgan fingerprint density at radius 3 is 2.88 bits per heavy atom. The molecule has 4 rings (SSSR count). The maximum absolute atomic E-state index is 12.6. The quantitative estimate of drug-likeness (QED) is 0.824. The summed E-state index contributed by atoms with van der Waals surface area (Å²) in [7, 11) is 0. The van der Waals surface area contributed by atoms with E-state index in [1.54, 1.807) is 4.90 Å². The molecule has 1 aromatic carbocycles. The van der Waals surface area contributed by atoms with Crippen molar-refractivity contribution < 1.29 is 9.59 Å². The molecule has 2 amide bonds. The topological polar surface area (TPSA) is 78.1 Å². The molecule has 2 aliphatic rings. The van der Waals surface area contributed by atoms with Crippen LogP contribution in [0.1, 0.15) is 38.5 Å². The van der Waals surface area contributed by atoms with E-state index in [0.717, 1.165) is 28.2 Å². The van der Waals surface area contributed by atoms with Gasteiger partial charge in [-0.3, -0.25) is 19.6 Å². The maximum Gasteiger partial charge on any atom is 0.229 e. The van der Waals surface area contributed by atoms with Gasteiger partial charge < -0.3 is 5.32 Å². The van der Waals surface area contributed by atoms with E-state index in [9.17, 15) is 9.59 Å². The monoisotopic (exact) mass is 404 g/mol. The number of hydrogen-bond donors (Lipinski definition) is 2. The summed E-state index contributed by atoms with van der Waals surface area (Å²) in [5, 5.41) is 11.3. The lowest BCUT2D eigenvalue weighted by atomic mass is 9.95. The van der Waals surface area contributed by atoms with Crippen molar-refractivity contribution in [3.8, 4) is 0 Å². The Balaban J connectivity index is 1.48. The van der Waals surface area contributed by atoms with Crippen molar-refractivity contribution in [2.45, 2.75) is 44.6 Å². The molecule has 0 unspecified atom stereocenters. The predicted molar refractivity (Wildman–Crippen MR) is 99.3 cm³/mol. The second kappa shape index (κ2) is 6.78. The molecule has 1 atom stereocenters. The summed E-state index contributed by atoms with van der Waals surface area (Å²) in [5.74, 6) is 0.280. The van der Waals surface area contributed by atoms with Crippen molar-refractivity contribution in [2.75, 3.05) is 11.4 Å². The summed E-state index contributed by atoms with van der Waals surface area (Å²) < 4.78 is 0.952. The first-order chi connectivity index (χ1) is 12.1. The molecule has 132 valence electrons. The molecule has 2 N–H and O–H groups in total. The zero-order valence-electron chi connectivity index (χ0n) is 13.9. The van der Waals surface area contributed by atoms with Crippen molar-refractivity contribution in [1.29, 1.82) is 0 Å². The SMILES string of the molecule is O=C(NC1CCCCC1)[C@@H]1CC(=O)N(c2n[nH]c3cc(Br)ccc23)C1. The molecule has 1 saturated carbocycles. The van der Waals surface area contributed by atoms with E-state index in [-0.39, 0.29) is 30.2 Å². The number of nitrogens with zero attached hydrogens (tertiary/aromatic N) is 2. The van der Waals surface area contributed by atoms with Crippen molar-refractivity contribution in [3.05, 3.63) is 22.7 Å². The van der Waals surface area contributed by atoms with E-state index >= 15 is 0 Å². The Bertz CT molecular complexity index is 813. The van der Waals surface area contributed by atoms with Crippen molar-refractivity contribution in [1.82, 2.24) is 15.5 Å². The Kier molecular flexibility index (Phi) is 4.50. The molecule has 0 spiro atoms. The Morgan fingerprint density at radius 1 is 1.28 bits per heavy atom. The Labute approximate surface area is 154 Å². The van der Waals surface area contributed by atoms with E-state index < -0.39 is 0 Å². The van der Waals surface area contributed by atoms with Gasteiger partial charge in [0, 0.05) is 28.9 Å². The van der Waals surface area contributed by atoms with Crippen LogP contribution in [-0.4, -0.2) is 34.6 Å². The van der Waals surface area contributed by atoms with Crippen molar-refractivity contribution in [3.63, 3.8) is 0 Å². The lowest BCUT2D eigenvalue weighted by Crippen LogP contribution is -2.40. The average Bonchev–Trinajstić information content (AvgIpc) is 3.18. The molecule has 0 bridgehead atoms. The summed E-state index contributed by atoms with van der Waals surface area (Å²) in [5.41, 5.74) is 0.868. The van der Waals surface area contributed by atoms with Crippen LogP contribution in [0.15, 0.2) is 22.7 Å². The van der Waals surface area contributed by atoms with E-state index in [1.165, 1.54) is 19.3 Å². The Hall–Kier alpha value is -1.89. The van der Waals surface area contributed by atoms with Gasteiger partial charge in [0.1, 0.15) is 0 Å². The molecule has 1 aliphatic heterocycles. The number of nitrogens with one attached hydrogen (secondary N) is 2. The number of H-pyrrole nitrogens is 1. The fourth-order valence-corrected chi connectivity index (χ4v) is 4.20. The third kappa shape index (κ3) is 3.29. The van der Waals surface area contributed by atoms with E-state index in [0.29, 0.717) is 12.4 Å². The predicted octanol–water partition coefficient (Wildman–Crippen LogP) is 3.13. The molecular weight excluding hydrogens is 384 g/mol. The van der Waals surface area contributed by atoms with E-state index in [4.69, 9.17) is 0 Å². The van der Waals surface area contributed by atoms with Crippen molar-refractivity contribution >= 4 is 44.5 Å². The number of carbonyl (C=O) groups is 2. The summed E-state index contributed by atoms with van der Waals surface area (Å²) in [6.45, 7) is 0.396. The van der Waals surface area contributed by atoms with Gasteiger partial charge in [-0.15, -0.1) is 0 Å². The van der Waals surface area contributed by atoms with Crippen LogP contribution in [0.3, 0.4) is 0 Å². The minimum Gasteiger partial charge on any atom is -0.353 e. The van der Waals surface area contributed by atoms with Gasteiger partial charge in [0.05, 0.1) is 11.4 Å². The summed E-state index contributed by atoms with van der Waals surface area (Å²) >= 11 is 3.43. The fourth-order valence-electron chi connectivity index (χ4n) is 3.84. The van der Waals surface area contributed by atoms with Gasteiger partial charge in [-0.05, 0) is 31.0 Å². The van der Waals surface area contributed by atoms with Gasteiger partial charge in [-0.1, -0.05) is 35.2 Å². The van der Waals surface area contributed by atoms with Gasteiger partial charge in [0.25, 0.3) is 0 Å². The lowest BCUT2D eigenvalue weighted by molar-refractivity contribution is -0.127. The van der Waals surface area contributed by atoms with Gasteiger partial charge >= 0.3 is 0 Å². The number of halogens is 1. The van der Waals surface area contributed by atoms with Gasteiger partial charge in [-0.25, -0.2) is 0 Å². The van der Waals surface area contributed by atoms with Crippen LogP contribution in [0.4, 0.5) is 5.82 Å². The Morgan fingerprint density at radius 2 is 2.08 bits per heavy atom. The first-order valence-corrected chi connectivity index (χ1v) is 9.65. The normalized spacial score (nSPS) is 21.9. The number of amides is 2. The zero-order chi connectivity index (χ0) is 17.4. The number of aromatic amines is 1. The van der Waals surface area contributed by atoms with Crippen LogP contribution in [-0.2, 0) is 9.59 Å². The van der Waals surface area contributed by atoms with E-state index in [2.05, 4.69) is 31.4 Å². The minimum atomic E-state index is -0.295. The number of rotatable bonds is 3. The molecule has 2 aromatic rings. The molecule has 1 aromatic heterocycles. The number of fused-ring (bicyclic) bond motifs is 1. The number of aromatic nitrogens is 2. The third-order valence-electron chi connectivity index (χ3n) is 5.21. The minimum absolute atomic E-state index is 0.00494. The van der Waals surface area contributed by atoms with Gasteiger partial charge in [-0.2, -0.15) is 5.10 Å². The molecule has 0 radical (unpaired) electrons. The first kappa shape index (κ1) is 16.6. The highest BCUT2D eigenvalue weighted by Gasteiger charge is 2.37. The second-order valence-corrected chi connectivity index (χ2v) is 7.90. The number of benzene rings is 1. The smallest absolute Gasteiger partial charge is 0.229 e. The summed E-state index contributed by atoms with van der Waals surface area (Å²) in [6.07, 6.45) is 5.96. The van der Waals surface area contributed by atoms with Crippen LogP contribution < -0.4 is 10.2 Å². The van der Waals surface area contributed by atoms with E-state index in [1.807, 2.05) is 18.2 Å². The highest BCUT2D eigenvalue weighted by molar-refractivity contribution is 9.10. The summed E-state index contributed by atoms with van der Waals surface area (Å²) in [4.78, 5) is 26.7. The van der Waals surface area contributed by atoms with Gasteiger partial charge in [0.15, 0.2) is 5.82 Å². The highest BCUT2D eigenvalue weighted by Crippen LogP contribution is 2.31. The molecular formula is C18H21BrN4O2. The second-order valence-electron chi connectivity index (χ2n) is 6.99. The largest absolute Gasteiger partial charge is 0.353 e. The number of hydrogen-bond acceptors (Lipinski definition) is 3. The molecule has 1 saturated heterocycles. The van der Waals surface area contributed by atoms with Crippen molar-refractivity contribution in [2.24, 2.45) is 5.92 Å². The molecule has 7 heteroatoms. The standard InChI is InChI=1S/C18H21BrN4O2/c19-12-6-7-14-15(9-12)21-22-17(14)23-10-11(8-16(23)24)18(25)20-13-4-2-1-3-5-13/h6-7,9,11,13H,1-5,8,10H2,(H,20,25)(H,21,22)/t11-/m1/s1. The first-order valence-electron chi connectivity index (χ1n) is 8.86. The number of carbonyl (C=O) groups excluding carboxylic acids is 2. The van der Waals surface area contributed by atoms with Crippen LogP contribution in [0.25, 0.3) is 10.9 Å². The van der Waals surface area contributed by atoms with Gasteiger partial charge in [0.2, 0.25) is 11.8 Å².